The van der Waals surface area contributed by atoms with Crippen LogP contribution < -0.4 is 5.32 Å². The van der Waals surface area contributed by atoms with Crippen LogP contribution in [0.25, 0.3) is 0 Å². The molecule has 23 heavy (non-hydrogen) atoms. The second kappa shape index (κ2) is 9.56. The largest absolute Gasteiger partial charge is 0.352 e. The Labute approximate surface area is 144 Å². The van der Waals surface area contributed by atoms with E-state index in [9.17, 15) is 9.59 Å². The number of amides is 2. The molecule has 128 valence electrons. The maximum absolute atomic E-state index is 12.4. The van der Waals surface area contributed by atoms with Gasteiger partial charge in [0.05, 0.1) is 0 Å². The number of rotatable bonds is 8. The van der Waals surface area contributed by atoms with Crippen molar-refractivity contribution in [3.8, 4) is 0 Å². The van der Waals surface area contributed by atoms with Crippen LogP contribution in [0.4, 0.5) is 0 Å². The van der Waals surface area contributed by atoms with Crippen LogP contribution >= 0.6 is 11.6 Å². The highest BCUT2D eigenvalue weighted by Crippen LogP contribution is 2.16. The fourth-order valence-electron chi connectivity index (χ4n) is 2.24. The van der Waals surface area contributed by atoms with E-state index < -0.39 is 6.04 Å². The third-order valence-corrected chi connectivity index (χ3v) is 4.11. The van der Waals surface area contributed by atoms with Crippen LogP contribution in [-0.4, -0.2) is 28.8 Å². The lowest BCUT2D eigenvalue weighted by Crippen LogP contribution is -2.49. The minimum atomic E-state index is -0.512. The number of benzene rings is 1. The fraction of sp³-hybridized carbons (Fsp3) is 0.556. The summed E-state index contributed by atoms with van der Waals surface area (Å²) < 4.78 is 0. The second-order valence-corrected chi connectivity index (χ2v) is 6.33. The number of hydrogen-bond acceptors (Lipinski definition) is 2. The minimum absolute atomic E-state index is 0.0146. The molecule has 0 heterocycles. The lowest BCUT2D eigenvalue weighted by Gasteiger charge is -2.29. The average molecular weight is 339 g/mol. The molecule has 0 aliphatic heterocycles. The molecule has 2 atom stereocenters. The van der Waals surface area contributed by atoms with E-state index in [4.69, 9.17) is 11.6 Å². The monoisotopic (exact) mass is 338 g/mol. The second-order valence-electron chi connectivity index (χ2n) is 5.90. The Morgan fingerprint density at radius 3 is 2.52 bits per heavy atom. The molecule has 0 saturated carbocycles. The molecule has 1 rings (SSSR count). The third kappa shape index (κ3) is 6.22. The molecule has 4 nitrogen and oxygen atoms in total. The van der Waals surface area contributed by atoms with E-state index in [1.807, 2.05) is 39.0 Å². The standard InChI is InChI=1S/C18H27ClN2O2/c1-5-8-17(22)21(12-15-9-7-10-16(19)11-15)14(4)18(23)20-13(3)6-2/h7,9-11,13-14H,5-6,8,12H2,1-4H3,(H,20,23)/t13-,14-/m1/s1. The molecule has 0 aliphatic rings. The van der Waals surface area contributed by atoms with Gasteiger partial charge in [-0.2, -0.15) is 0 Å². The number of carbonyl (C=O) groups excluding carboxylic acids is 2. The Morgan fingerprint density at radius 1 is 1.26 bits per heavy atom. The van der Waals surface area contributed by atoms with E-state index in [0.717, 1.165) is 18.4 Å². The predicted molar refractivity (Wildman–Crippen MR) is 94.3 cm³/mol. The van der Waals surface area contributed by atoms with E-state index in [-0.39, 0.29) is 17.9 Å². The van der Waals surface area contributed by atoms with Gasteiger partial charge in [-0.1, -0.05) is 37.6 Å². The third-order valence-electron chi connectivity index (χ3n) is 3.87. The van der Waals surface area contributed by atoms with Gasteiger partial charge in [-0.3, -0.25) is 9.59 Å². The van der Waals surface area contributed by atoms with Crippen molar-refractivity contribution in [2.24, 2.45) is 0 Å². The summed E-state index contributed by atoms with van der Waals surface area (Å²) in [6, 6.07) is 6.97. The maximum Gasteiger partial charge on any atom is 0.242 e. The van der Waals surface area contributed by atoms with Gasteiger partial charge < -0.3 is 10.2 Å². The quantitative estimate of drug-likeness (QED) is 0.784. The van der Waals surface area contributed by atoms with Gasteiger partial charge in [0.15, 0.2) is 0 Å². The van der Waals surface area contributed by atoms with Crippen LogP contribution in [0.5, 0.6) is 0 Å². The highest BCUT2D eigenvalue weighted by atomic mass is 35.5. The summed E-state index contributed by atoms with van der Waals surface area (Å²) >= 11 is 6.02. The van der Waals surface area contributed by atoms with Crippen molar-refractivity contribution in [1.29, 1.82) is 0 Å². The molecule has 0 aromatic heterocycles. The molecule has 1 N–H and O–H groups in total. The zero-order valence-electron chi connectivity index (χ0n) is 14.4. The maximum atomic E-state index is 12.4. The Bertz CT molecular complexity index is 534. The van der Waals surface area contributed by atoms with Crippen molar-refractivity contribution in [3.05, 3.63) is 34.9 Å². The van der Waals surface area contributed by atoms with Gasteiger partial charge in [-0.15, -0.1) is 0 Å². The molecular weight excluding hydrogens is 312 g/mol. The van der Waals surface area contributed by atoms with Crippen molar-refractivity contribution in [2.75, 3.05) is 0 Å². The van der Waals surface area contributed by atoms with Gasteiger partial charge in [-0.05, 0) is 44.4 Å². The number of nitrogens with zero attached hydrogens (tertiary/aromatic N) is 1. The molecule has 0 saturated heterocycles. The van der Waals surface area contributed by atoms with Crippen molar-refractivity contribution in [2.45, 2.75) is 65.6 Å². The fourth-order valence-corrected chi connectivity index (χ4v) is 2.45. The Morgan fingerprint density at radius 2 is 1.96 bits per heavy atom. The molecular formula is C18H27ClN2O2. The molecule has 2 amide bonds. The van der Waals surface area contributed by atoms with Gasteiger partial charge >= 0.3 is 0 Å². The first-order valence-corrected chi connectivity index (χ1v) is 8.61. The van der Waals surface area contributed by atoms with Crippen molar-refractivity contribution in [3.63, 3.8) is 0 Å². The topological polar surface area (TPSA) is 49.4 Å². The molecule has 1 aromatic rings. The Balaban J connectivity index is 2.91. The first kappa shape index (κ1) is 19.5. The van der Waals surface area contributed by atoms with E-state index >= 15 is 0 Å². The summed E-state index contributed by atoms with van der Waals surface area (Å²) in [5, 5.41) is 3.57. The predicted octanol–water partition coefficient (Wildman–Crippen LogP) is 3.77. The summed E-state index contributed by atoms with van der Waals surface area (Å²) in [5.74, 6) is -0.134. The normalized spacial score (nSPS) is 13.3. The summed E-state index contributed by atoms with van der Waals surface area (Å²) in [7, 11) is 0. The molecule has 0 fully saturated rings. The van der Waals surface area contributed by atoms with Crippen molar-refractivity contribution < 1.29 is 9.59 Å². The zero-order chi connectivity index (χ0) is 17.4. The number of carbonyl (C=O) groups is 2. The molecule has 1 aromatic carbocycles. The number of halogens is 1. The summed E-state index contributed by atoms with van der Waals surface area (Å²) in [6.45, 7) is 8.09. The molecule has 0 radical (unpaired) electrons. The Kier molecular flexibility index (Phi) is 8.10. The van der Waals surface area contributed by atoms with Crippen LogP contribution in [0.15, 0.2) is 24.3 Å². The molecule has 0 unspecified atom stereocenters. The first-order valence-electron chi connectivity index (χ1n) is 8.23. The number of hydrogen-bond donors (Lipinski definition) is 1. The molecule has 0 spiro atoms. The van der Waals surface area contributed by atoms with Crippen molar-refractivity contribution >= 4 is 23.4 Å². The van der Waals surface area contributed by atoms with Crippen molar-refractivity contribution in [1.82, 2.24) is 10.2 Å². The lowest BCUT2D eigenvalue weighted by molar-refractivity contribution is -0.140. The van der Waals surface area contributed by atoms with Crippen LogP contribution in [0.3, 0.4) is 0 Å². The van der Waals surface area contributed by atoms with Crippen LogP contribution in [0.2, 0.25) is 5.02 Å². The zero-order valence-corrected chi connectivity index (χ0v) is 15.2. The smallest absolute Gasteiger partial charge is 0.242 e. The van der Waals surface area contributed by atoms with Crippen LogP contribution in [-0.2, 0) is 16.1 Å². The molecule has 5 heteroatoms. The van der Waals surface area contributed by atoms with E-state index in [0.29, 0.717) is 18.0 Å². The van der Waals surface area contributed by atoms with Gasteiger partial charge in [0.1, 0.15) is 6.04 Å². The van der Waals surface area contributed by atoms with Gasteiger partial charge in [-0.25, -0.2) is 0 Å². The van der Waals surface area contributed by atoms with Gasteiger partial charge in [0.2, 0.25) is 11.8 Å². The number of nitrogens with one attached hydrogen (secondary N) is 1. The van der Waals surface area contributed by atoms with Gasteiger partial charge in [0, 0.05) is 24.0 Å². The summed E-state index contributed by atoms with van der Waals surface area (Å²) in [4.78, 5) is 26.5. The Hall–Kier alpha value is -1.55. The average Bonchev–Trinajstić information content (AvgIpc) is 2.52. The van der Waals surface area contributed by atoms with Gasteiger partial charge in [0.25, 0.3) is 0 Å². The van der Waals surface area contributed by atoms with E-state index in [2.05, 4.69) is 5.32 Å². The lowest BCUT2D eigenvalue weighted by atomic mass is 10.1. The highest BCUT2D eigenvalue weighted by Gasteiger charge is 2.26. The highest BCUT2D eigenvalue weighted by molar-refractivity contribution is 6.30. The SMILES string of the molecule is CCCC(=O)N(Cc1cccc(Cl)c1)[C@H](C)C(=O)N[C@H](C)CC. The molecule has 0 aliphatic carbocycles. The van der Waals surface area contributed by atoms with E-state index in [1.165, 1.54) is 0 Å². The summed E-state index contributed by atoms with van der Waals surface area (Å²) in [6.07, 6.45) is 2.04. The minimum Gasteiger partial charge on any atom is -0.352 e. The summed E-state index contributed by atoms with van der Waals surface area (Å²) in [5.41, 5.74) is 0.921. The van der Waals surface area contributed by atoms with E-state index in [1.54, 1.807) is 17.9 Å². The molecule has 0 bridgehead atoms. The van der Waals surface area contributed by atoms with Crippen LogP contribution in [0, 0.1) is 0 Å². The van der Waals surface area contributed by atoms with Crippen LogP contribution in [0.1, 0.15) is 52.5 Å². The first-order chi connectivity index (χ1) is 10.9.